The normalized spacial score (nSPS) is 16.7. The molecule has 0 spiro atoms. The average Bonchev–Trinajstić information content (AvgIpc) is 3.48. The van der Waals surface area contributed by atoms with Crippen LogP contribution in [0.3, 0.4) is 0 Å². The number of hydrogen-bond donors (Lipinski definition) is 1. The van der Waals surface area contributed by atoms with Crippen molar-refractivity contribution < 1.29 is 23.1 Å². The first-order valence-corrected chi connectivity index (χ1v) is 15.7. The number of benzene rings is 3. The molecule has 2 fully saturated rings. The Kier molecular flexibility index (Phi) is 9.19. The van der Waals surface area contributed by atoms with E-state index in [1.54, 1.807) is 24.3 Å². The molecule has 2 saturated heterocycles. The Morgan fingerprint density at radius 1 is 0.844 bits per heavy atom. The van der Waals surface area contributed by atoms with Crippen LogP contribution in [0, 0.1) is 19.7 Å². The fourth-order valence-corrected chi connectivity index (χ4v) is 6.30. The van der Waals surface area contributed by atoms with Crippen molar-refractivity contribution in [2.45, 2.75) is 45.8 Å². The van der Waals surface area contributed by atoms with Crippen molar-refractivity contribution in [2.75, 3.05) is 46.4 Å². The number of ether oxygens (including phenoxy) is 1. The number of methoxy groups -OCH3 is 1. The highest BCUT2D eigenvalue weighted by Gasteiger charge is 2.25. The molecule has 236 valence electrons. The molecule has 3 heterocycles. The van der Waals surface area contributed by atoms with Gasteiger partial charge in [-0.05, 0) is 85.3 Å². The van der Waals surface area contributed by atoms with Gasteiger partial charge in [0.05, 0.1) is 7.11 Å². The summed E-state index contributed by atoms with van der Waals surface area (Å²) >= 11 is 0. The van der Waals surface area contributed by atoms with Gasteiger partial charge in [-0.3, -0.25) is 19.4 Å². The van der Waals surface area contributed by atoms with Crippen LogP contribution < -0.4 is 10.1 Å². The third-order valence-electron chi connectivity index (χ3n) is 9.17. The molecule has 4 aromatic rings. The predicted molar refractivity (Wildman–Crippen MR) is 172 cm³/mol. The van der Waals surface area contributed by atoms with Gasteiger partial charge < -0.3 is 19.4 Å². The van der Waals surface area contributed by atoms with Crippen LogP contribution in [0.1, 0.15) is 56.0 Å². The number of piperazine rings is 1. The molecule has 45 heavy (non-hydrogen) atoms. The Labute approximate surface area is 263 Å². The second kappa shape index (κ2) is 13.4. The summed E-state index contributed by atoms with van der Waals surface area (Å²) in [6.45, 7) is 10.4. The van der Waals surface area contributed by atoms with E-state index < -0.39 is 0 Å². The maximum atomic E-state index is 14.1. The lowest BCUT2D eigenvalue weighted by Crippen LogP contribution is -2.48. The highest BCUT2D eigenvalue weighted by molar-refractivity contribution is 6.00. The van der Waals surface area contributed by atoms with Crippen molar-refractivity contribution in [1.82, 2.24) is 20.0 Å². The number of nitrogens with one attached hydrogen (secondary N) is 1. The highest BCUT2D eigenvalue weighted by Crippen LogP contribution is 2.24. The van der Waals surface area contributed by atoms with Gasteiger partial charge in [0.2, 0.25) is 0 Å². The lowest BCUT2D eigenvalue weighted by molar-refractivity contribution is 0.0628. The number of carbonyl (C=O) groups excluding carboxylic acids is 2. The first kappa shape index (κ1) is 30.8. The molecular formula is C36H41FN4O4. The lowest BCUT2D eigenvalue weighted by Gasteiger charge is -2.35. The van der Waals surface area contributed by atoms with Crippen LogP contribution in [0.2, 0.25) is 0 Å². The topological polar surface area (TPSA) is 78.3 Å². The molecule has 0 radical (unpaired) electrons. The van der Waals surface area contributed by atoms with Crippen LogP contribution >= 0.6 is 0 Å². The summed E-state index contributed by atoms with van der Waals surface area (Å²) in [6.07, 6.45) is 1.59. The Morgan fingerprint density at radius 3 is 2.22 bits per heavy atom. The minimum absolute atomic E-state index is 0.000861. The van der Waals surface area contributed by atoms with Gasteiger partial charge in [-0.15, -0.1) is 0 Å². The molecule has 8 nitrogen and oxygen atoms in total. The maximum Gasteiger partial charge on any atom is 0.287 e. The first-order valence-electron chi connectivity index (χ1n) is 15.7. The zero-order valence-electron chi connectivity index (χ0n) is 26.3. The summed E-state index contributed by atoms with van der Waals surface area (Å²) in [5.41, 5.74) is 5.98. The predicted octanol–water partition coefficient (Wildman–Crippen LogP) is 5.55. The number of furan rings is 1. The van der Waals surface area contributed by atoms with Gasteiger partial charge in [0.15, 0.2) is 17.3 Å². The van der Waals surface area contributed by atoms with E-state index in [1.807, 2.05) is 17.0 Å². The van der Waals surface area contributed by atoms with E-state index in [9.17, 15) is 14.0 Å². The number of hydrogen-bond acceptors (Lipinski definition) is 6. The number of amides is 2. The third-order valence-corrected chi connectivity index (χ3v) is 9.17. The van der Waals surface area contributed by atoms with Gasteiger partial charge in [-0.1, -0.05) is 24.3 Å². The maximum absolute atomic E-state index is 14.1. The Hall–Kier alpha value is -4.21. The molecule has 2 aliphatic heterocycles. The van der Waals surface area contributed by atoms with Gasteiger partial charge in [-0.25, -0.2) is 4.39 Å². The molecule has 1 aromatic heterocycles. The van der Waals surface area contributed by atoms with Gasteiger partial charge in [0.1, 0.15) is 5.58 Å². The molecule has 2 aliphatic rings. The monoisotopic (exact) mass is 612 g/mol. The van der Waals surface area contributed by atoms with Crippen molar-refractivity contribution in [3.8, 4) is 5.75 Å². The number of fused-ring (bicyclic) bond motifs is 1. The van der Waals surface area contributed by atoms with Crippen molar-refractivity contribution in [3.63, 3.8) is 0 Å². The Bertz CT molecular complexity index is 1690. The second-order valence-corrected chi connectivity index (χ2v) is 12.3. The molecule has 0 unspecified atom stereocenters. The fourth-order valence-electron chi connectivity index (χ4n) is 6.30. The van der Waals surface area contributed by atoms with Crippen LogP contribution in [-0.2, 0) is 13.1 Å². The molecule has 0 bridgehead atoms. The van der Waals surface area contributed by atoms with Crippen molar-refractivity contribution in [1.29, 1.82) is 0 Å². The van der Waals surface area contributed by atoms with Gasteiger partial charge in [0.25, 0.3) is 11.8 Å². The van der Waals surface area contributed by atoms with E-state index in [0.717, 1.165) is 56.5 Å². The molecule has 0 atom stereocenters. The summed E-state index contributed by atoms with van der Waals surface area (Å²) in [5.74, 6) is -0.131. The van der Waals surface area contributed by atoms with Crippen LogP contribution in [0.25, 0.3) is 11.0 Å². The standard InChI is InChI=1S/C36H41FN4O4/c1-24-4-5-26(18-25(24)2)22-40-14-16-41(17-15-40)36(43)28-7-9-32-29(20-28)21-34(45-32)35(42)38-30-10-12-39(13-11-30)23-27-6-8-33(44-3)31(37)19-27/h4-9,18-21,30H,10-17,22-23H2,1-3H3,(H,38,42). The number of carbonyl (C=O) groups is 2. The number of likely N-dealkylation sites (tertiary alicyclic amines) is 1. The van der Waals surface area contributed by atoms with Crippen LogP contribution in [0.15, 0.2) is 65.1 Å². The number of piperidine rings is 1. The van der Waals surface area contributed by atoms with Crippen LogP contribution in [0.5, 0.6) is 5.75 Å². The molecule has 0 aliphatic carbocycles. The van der Waals surface area contributed by atoms with E-state index >= 15 is 0 Å². The van der Waals surface area contributed by atoms with E-state index in [1.165, 1.54) is 29.9 Å². The fraction of sp³-hybridized carbons (Fsp3) is 0.389. The van der Waals surface area contributed by atoms with Gasteiger partial charge in [0, 0.05) is 69.3 Å². The molecule has 3 aromatic carbocycles. The van der Waals surface area contributed by atoms with Crippen LogP contribution in [0.4, 0.5) is 4.39 Å². The minimum Gasteiger partial charge on any atom is -0.494 e. The molecule has 2 amide bonds. The quantitative estimate of drug-likeness (QED) is 0.281. The largest absolute Gasteiger partial charge is 0.494 e. The Morgan fingerprint density at radius 2 is 1.53 bits per heavy atom. The molecule has 0 saturated carbocycles. The zero-order valence-corrected chi connectivity index (χ0v) is 26.3. The number of rotatable bonds is 8. The average molecular weight is 613 g/mol. The summed E-state index contributed by atoms with van der Waals surface area (Å²) in [7, 11) is 1.46. The summed E-state index contributed by atoms with van der Waals surface area (Å²) in [5, 5.41) is 3.84. The van der Waals surface area contributed by atoms with Crippen molar-refractivity contribution in [3.05, 3.63) is 100 Å². The highest BCUT2D eigenvalue weighted by atomic mass is 19.1. The minimum atomic E-state index is -0.359. The van der Waals surface area contributed by atoms with Gasteiger partial charge >= 0.3 is 0 Å². The van der Waals surface area contributed by atoms with E-state index in [2.05, 4.69) is 47.2 Å². The van der Waals surface area contributed by atoms with Crippen molar-refractivity contribution >= 4 is 22.8 Å². The van der Waals surface area contributed by atoms with Crippen molar-refractivity contribution in [2.24, 2.45) is 0 Å². The number of halogens is 1. The van der Waals surface area contributed by atoms with Crippen LogP contribution in [-0.4, -0.2) is 78.9 Å². The lowest BCUT2D eigenvalue weighted by atomic mass is 10.0. The van der Waals surface area contributed by atoms with E-state index in [0.29, 0.717) is 30.8 Å². The number of nitrogens with zero attached hydrogens (tertiary/aromatic N) is 3. The molecule has 9 heteroatoms. The second-order valence-electron chi connectivity index (χ2n) is 12.3. The van der Waals surface area contributed by atoms with E-state index in [4.69, 9.17) is 9.15 Å². The third kappa shape index (κ3) is 7.21. The smallest absolute Gasteiger partial charge is 0.287 e. The van der Waals surface area contributed by atoms with E-state index in [-0.39, 0.29) is 35.2 Å². The summed E-state index contributed by atoms with van der Waals surface area (Å²) in [6, 6.07) is 18.8. The first-order chi connectivity index (χ1) is 21.7. The zero-order chi connectivity index (χ0) is 31.5. The summed E-state index contributed by atoms with van der Waals surface area (Å²) < 4.78 is 24.9. The summed E-state index contributed by atoms with van der Waals surface area (Å²) in [4.78, 5) is 33.0. The number of aryl methyl sites for hydroxylation is 2. The molecular weight excluding hydrogens is 571 g/mol. The molecule has 1 N–H and O–H groups in total. The van der Waals surface area contributed by atoms with Gasteiger partial charge in [-0.2, -0.15) is 0 Å². The Balaban J connectivity index is 0.995. The molecule has 6 rings (SSSR count). The SMILES string of the molecule is COc1ccc(CN2CCC(NC(=O)c3cc4cc(C(=O)N5CCN(Cc6ccc(C)c(C)c6)CC5)ccc4o3)CC2)cc1F.